The Hall–Kier alpha value is -0.160. The highest BCUT2D eigenvalue weighted by molar-refractivity contribution is 5.04. The smallest absolute Gasteiger partial charge is 0.172 e. The predicted octanol–water partition coefficient (Wildman–Crippen LogP) is 0.271. The van der Waals surface area contributed by atoms with Gasteiger partial charge in [-0.25, -0.2) is 0 Å². The molecule has 2 aliphatic carbocycles. The second-order valence-corrected chi connectivity index (χ2v) is 4.98. The molecule has 1 heterocycles. The number of aliphatic hydroxyl groups excluding tert-OH is 2. The highest BCUT2D eigenvalue weighted by Crippen LogP contribution is 2.59. The number of fused-ring (bicyclic) bond motifs is 2. The molecule has 1 saturated heterocycles. The highest BCUT2D eigenvalue weighted by atomic mass is 16.8. The van der Waals surface area contributed by atoms with E-state index in [1.54, 1.807) is 0 Å². The van der Waals surface area contributed by atoms with E-state index in [2.05, 4.69) is 0 Å². The van der Waals surface area contributed by atoms with Crippen LogP contribution in [0.2, 0.25) is 0 Å². The summed E-state index contributed by atoms with van der Waals surface area (Å²) in [6.45, 7) is -0.130. The van der Waals surface area contributed by atoms with Gasteiger partial charge in [0.2, 0.25) is 0 Å². The van der Waals surface area contributed by atoms with Gasteiger partial charge < -0.3 is 19.7 Å². The Morgan fingerprint density at radius 1 is 1.13 bits per heavy atom. The van der Waals surface area contributed by atoms with Crippen LogP contribution < -0.4 is 0 Å². The molecule has 0 aromatic carbocycles. The number of hydrogen-bond acceptors (Lipinski definition) is 4. The lowest BCUT2D eigenvalue weighted by Gasteiger charge is -2.32. The van der Waals surface area contributed by atoms with Crippen molar-refractivity contribution >= 4 is 0 Å². The third-order valence-corrected chi connectivity index (χ3v) is 4.06. The topological polar surface area (TPSA) is 58.9 Å². The van der Waals surface area contributed by atoms with Crippen LogP contribution in [0.1, 0.15) is 25.7 Å². The van der Waals surface area contributed by atoms with Gasteiger partial charge in [0.15, 0.2) is 5.79 Å². The van der Waals surface area contributed by atoms with Crippen molar-refractivity contribution in [2.45, 2.75) is 43.7 Å². The molecular weight excluding hydrogens is 196 g/mol. The van der Waals surface area contributed by atoms with Gasteiger partial charge in [-0.05, 0) is 25.2 Å². The van der Waals surface area contributed by atoms with Crippen LogP contribution in [0.15, 0.2) is 0 Å². The van der Waals surface area contributed by atoms with Gasteiger partial charge >= 0.3 is 0 Å². The summed E-state index contributed by atoms with van der Waals surface area (Å²) >= 11 is 0. The van der Waals surface area contributed by atoms with Crippen molar-refractivity contribution in [3.63, 3.8) is 0 Å². The Kier molecular flexibility index (Phi) is 2.28. The summed E-state index contributed by atoms with van der Waals surface area (Å²) in [5.41, 5.74) is 0. The Labute approximate surface area is 89.2 Å². The minimum atomic E-state index is -0.469. The van der Waals surface area contributed by atoms with Crippen molar-refractivity contribution in [1.82, 2.24) is 0 Å². The number of hydrogen-bond donors (Lipinski definition) is 2. The first-order valence-electron chi connectivity index (χ1n) is 5.86. The van der Waals surface area contributed by atoms with Gasteiger partial charge in [-0.15, -0.1) is 0 Å². The fourth-order valence-corrected chi connectivity index (χ4v) is 3.20. The van der Waals surface area contributed by atoms with Crippen molar-refractivity contribution < 1.29 is 19.7 Å². The molecule has 4 atom stereocenters. The minimum Gasteiger partial charge on any atom is -0.394 e. The standard InChI is InChI=1S/C11H18O4/c12-5-9-10(6-13)15-11(14-9)3-1-2-7-4-8(7)11/h7-10,12-13H,1-6H2/t7-,8+,9-,10-/m0/s1. The second-order valence-electron chi connectivity index (χ2n) is 4.98. The maximum Gasteiger partial charge on any atom is 0.172 e. The molecule has 0 amide bonds. The van der Waals surface area contributed by atoms with E-state index in [4.69, 9.17) is 19.7 Å². The molecule has 3 rings (SSSR count). The molecule has 1 aliphatic heterocycles. The first kappa shape index (κ1) is 10.0. The molecule has 0 radical (unpaired) electrons. The van der Waals surface area contributed by atoms with Crippen molar-refractivity contribution in [3.05, 3.63) is 0 Å². The van der Waals surface area contributed by atoms with Crippen LogP contribution in [-0.2, 0) is 9.47 Å². The average molecular weight is 214 g/mol. The molecule has 0 aromatic rings. The van der Waals surface area contributed by atoms with Crippen LogP contribution in [0.25, 0.3) is 0 Å². The fourth-order valence-electron chi connectivity index (χ4n) is 3.20. The molecule has 0 aromatic heterocycles. The van der Waals surface area contributed by atoms with E-state index < -0.39 is 5.79 Å². The van der Waals surface area contributed by atoms with E-state index in [1.807, 2.05) is 0 Å². The third kappa shape index (κ3) is 1.43. The summed E-state index contributed by atoms with van der Waals surface area (Å²) in [6.07, 6.45) is 3.85. The Morgan fingerprint density at radius 3 is 2.40 bits per heavy atom. The van der Waals surface area contributed by atoms with Crippen molar-refractivity contribution in [2.75, 3.05) is 13.2 Å². The van der Waals surface area contributed by atoms with Crippen LogP contribution in [-0.4, -0.2) is 41.4 Å². The molecule has 3 fully saturated rings. The monoisotopic (exact) mass is 214 g/mol. The summed E-state index contributed by atoms with van der Waals surface area (Å²) in [4.78, 5) is 0. The van der Waals surface area contributed by atoms with Gasteiger partial charge in [-0.2, -0.15) is 0 Å². The minimum absolute atomic E-state index is 0.0651. The van der Waals surface area contributed by atoms with Crippen LogP contribution >= 0.6 is 0 Å². The molecular formula is C11H18O4. The van der Waals surface area contributed by atoms with Gasteiger partial charge in [0.25, 0.3) is 0 Å². The molecule has 1 spiro atoms. The highest BCUT2D eigenvalue weighted by Gasteiger charge is 2.61. The zero-order chi connectivity index (χ0) is 10.5. The van der Waals surface area contributed by atoms with Gasteiger partial charge in [0, 0.05) is 12.3 Å². The molecule has 4 heteroatoms. The van der Waals surface area contributed by atoms with Gasteiger partial charge in [-0.1, -0.05) is 0 Å². The van der Waals surface area contributed by atoms with E-state index in [0.717, 1.165) is 18.8 Å². The zero-order valence-electron chi connectivity index (χ0n) is 8.76. The van der Waals surface area contributed by atoms with E-state index in [-0.39, 0.29) is 25.4 Å². The van der Waals surface area contributed by atoms with Gasteiger partial charge in [-0.3, -0.25) is 0 Å². The van der Waals surface area contributed by atoms with E-state index in [9.17, 15) is 0 Å². The number of aliphatic hydroxyl groups is 2. The fraction of sp³-hybridized carbons (Fsp3) is 1.00. The lowest BCUT2D eigenvalue weighted by Crippen LogP contribution is -2.37. The summed E-state index contributed by atoms with van der Waals surface area (Å²) < 4.78 is 11.7. The molecule has 0 bridgehead atoms. The van der Waals surface area contributed by atoms with Gasteiger partial charge in [0.1, 0.15) is 12.2 Å². The Morgan fingerprint density at radius 2 is 1.80 bits per heavy atom. The molecule has 2 saturated carbocycles. The number of rotatable bonds is 2. The summed E-state index contributed by atoms with van der Waals surface area (Å²) in [6, 6.07) is 0. The van der Waals surface area contributed by atoms with E-state index in [0.29, 0.717) is 5.92 Å². The maximum absolute atomic E-state index is 9.17. The summed E-state index contributed by atoms with van der Waals surface area (Å²) in [5, 5.41) is 18.3. The molecule has 4 nitrogen and oxygen atoms in total. The summed E-state index contributed by atoms with van der Waals surface area (Å²) in [5.74, 6) is 0.802. The molecule has 15 heavy (non-hydrogen) atoms. The second kappa shape index (κ2) is 3.42. The van der Waals surface area contributed by atoms with Crippen molar-refractivity contribution in [1.29, 1.82) is 0 Å². The molecule has 86 valence electrons. The molecule has 2 N–H and O–H groups in total. The van der Waals surface area contributed by atoms with E-state index >= 15 is 0 Å². The predicted molar refractivity (Wildman–Crippen MR) is 52.1 cm³/mol. The Bertz CT molecular complexity index is 243. The quantitative estimate of drug-likeness (QED) is 0.693. The first-order chi connectivity index (χ1) is 7.29. The lowest BCUT2D eigenvalue weighted by molar-refractivity contribution is -0.209. The SMILES string of the molecule is OC[C@@H]1OC2(CCC[C@H]3C[C@H]32)O[C@H]1CO. The largest absolute Gasteiger partial charge is 0.394 e. The van der Waals surface area contributed by atoms with Crippen LogP contribution in [0.4, 0.5) is 0 Å². The summed E-state index contributed by atoms with van der Waals surface area (Å²) in [7, 11) is 0. The first-order valence-corrected chi connectivity index (χ1v) is 5.86. The lowest BCUT2D eigenvalue weighted by atomic mass is 9.94. The van der Waals surface area contributed by atoms with Gasteiger partial charge in [0.05, 0.1) is 13.2 Å². The normalized spacial score (nSPS) is 46.8. The van der Waals surface area contributed by atoms with E-state index in [1.165, 1.54) is 12.8 Å². The maximum atomic E-state index is 9.17. The van der Waals surface area contributed by atoms with Crippen LogP contribution in [0, 0.1) is 11.8 Å². The zero-order valence-corrected chi connectivity index (χ0v) is 8.76. The van der Waals surface area contributed by atoms with Crippen molar-refractivity contribution in [3.8, 4) is 0 Å². The molecule has 0 unspecified atom stereocenters. The van der Waals surface area contributed by atoms with Crippen molar-refractivity contribution in [2.24, 2.45) is 11.8 Å². The van der Waals surface area contributed by atoms with Crippen LogP contribution in [0.5, 0.6) is 0 Å². The third-order valence-electron chi connectivity index (χ3n) is 4.06. The van der Waals surface area contributed by atoms with Crippen LogP contribution in [0.3, 0.4) is 0 Å². The molecule has 3 aliphatic rings. The number of ether oxygens (including phenoxy) is 2. The average Bonchev–Trinajstić information content (AvgIpc) is 2.96. The Balaban J connectivity index is 1.77.